The molecule has 0 aliphatic carbocycles. The normalized spacial score (nSPS) is 11.2. The van der Waals surface area contributed by atoms with Crippen molar-refractivity contribution in [1.29, 1.82) is 0 Å². The summed E-state index contributed by atoms with van der Waals surface area (Å²) in [5.74, 6) is -0.326. The van der Waals surface area contributed by atoms with E-state index in [0.717, 1.165) is 27.8 Å². The first kappa shape index (κ1) is 13.1. The summed E-state index contributed by atoms with van der Waals surface area (Å²) in [7, 11) is 0. The summed E-state index contributed by atoms with van der Waals surface area (Å²) in [6, 6.07) is 3.51. The summed E-state index contributed by atoms with van der Waals surface area (Å²) in [4.78, 5) is 9.73. The second kappa shape index (κ2) is 5.54. The quantitative estimate of drug-likeness (QED) is 0.922. The number of rotatable bonds is 4. The molecule has 0 amide bonds. The number of hydrogen-bond donors (Lipinski definition) is 1. The van der Waals surface area contributed by atoms with Gasteiger partial charge in [-0.2, -0.15) is 0 Å². The van der Waals surface area contributed by atoms with Crippen LogP contribution in [0.2, 0.25) is 0 Å². The Labute approximate surface area is 110 Å². The highest BCUT2D eigenvalue weighted by atomic mass is 32.1. The lowest BCUT2D eigenvalue weighted by Gasteiger charge is -2.04. The highest BCUT2D eigenvalue weighted by Gasteiger charge is 2.11. The second-order valence-electron chi connectivity index (χ2n) is 4.41. The van der Waals surface area contributed by atoms with Crippen LogP contribution in [0.1, 0.15) is 23.7 Å². The molecular weight excluding hydrogens is 249 g/mol. The number of pyridine rings is 1. The third kappa shape index (κ3) is 3.11. The Balaban J connectivity index is 2.21. The van der Waals surface area contributed by atoms with E-state index >= 15 is 0 Å². The van der Waals surface area contributed by atoms with Crippen LogP contribution in [0.5, 0.6) is 0 Å². The molecule has 0 fully saturated rings. The summed E-state index contributed by atoms with van der Waals surface area (Å²) in [5, 5.41) is 4.36. The standard InChI is InChI=1S/C13H16FN3S/c1-8(2)15-7-12-17-13(9(3)18-12)11-5-4-10(14)6-16-11/h4-6,8,15H,7H2,1-3H3. The van der Waals surface area contributed by atoms with Crippen LogP contribution in [-0.4, -0.2) is 16.0 Å². The Morgan fingerprint density at radius 1 is 1.39 bits per heavy atom. The van der Waals surface area contributed by atoms with Crippen LogP contribution in [-0.2, 0) is 6.54 Å². The van der Waals surface area contributed by atoms with E-state index < -0.39 is 0 Å². The number of aromatic nitrogens is 2. The van der Waals surface area contributed by atoms with Gasteiger partial charge in [0.15, 0.2) is 0 Å². The summed E-state index contributed by atoms with van der Waals surface area (Å²) < 4.78 is 12.8. The van der Waals surface area contributed by atoms with E-state index in [0.29, 0.717) is 6.04 Å². The molecule has 0 aliphatic heterocycles. The lowest BCUT2D eigenvalue weighted by Crippen LogP contribution is -2.21. The Bertz CT molecular complexity index is 520. The smallest absolute Gasteiger partial charge is 0.141 e. The van der Waals surface area contributed by atoms with E-state index in [1.807, 2.05) is 6.92 Å². The maximum Gasteiger partial charge on any atom is 0.141 e. The van der Waals surface area contributed by atoms with Gasteiger partial charge in [-0.25, -0.2) is 9.37 Å². The van der Waals surface area contributed by atoms with Crippen molar-refractivity contribution in [3.8, 4) is 11.4 Å². The van der Waals surface area contributed by atoms with Gasteiger partial charge < -0.3 is 5.32 Å². The van der Waals surface area contributed by atoms with Gasteiger partial charge in [0.25, 0.3) is 0 Å². The van der Waals surface area contributed by atoms with Gasteiger partial charge in [-0.1, -0.05) is 13.8 Å². The van der Waals surface area contributed by atoms with Gasteiger partial charge >= 0.3 is 0 Å². The second-order valence-corrected chi connectivity index (χ2v) is 5.70. The van der Waals surface area contributed by atoms with Crippen molar-refractivity contribution in [3.05, 3.63) is 34.0 Å². The minimum absolute atomic E-state index is 0.326. The van der Waals surface area contributed by atoms with E-state index in [9.17, 15) is 4.39 Å². The minimum Gasteiger partial charge on any atom is -0.308 e. The SMILES string of the molecule is Cc1sc(CNC(C)C)nc1-c1ccc(F)cn1. The first-order chi connectivity index (χ1) is 8.56. The van der Waals surface area contributed by atoms with Crippen molar-refractivity contribution in [2.45, 2.75) is 33.4 Å². The zero-order valence-electron chi connectivity index (χ0n) is 10.7. The molecule has 0 aliphatic rings. The molecule has 18 heavy (non-hydrogen) atoms. The van der Waals surface area contributed by atoms with Gasteiger partial charge in [-0.3, -0.25) is 4.98 Å². The maximum atomic E-state index is 12.8. The number of nitrogens with zero attached hydrogens (tertiary/aromatic N) is 2. The van der Waals surface area contributed by atoms with E-state index in [2.05, 4.69) is 29.1 Å². The van der Waals surface area contributed by atoms with Crippen LogP contribution in [0.25, 0.3) is 11.4 Å². The van der Waals surface area contributed by atoms with Crippen LogP contribution < -0.4 is 5.32 Å². The Kier molecular flexibility index (Phi) is 4.04. The topological polar surface area (TPSA) is 37.8 Å². The minimum atomic E-state index is -0.326. The van der Waals surface area contributed by atoms with E-state index in [4.69, 9.17) is 0 Å². The largest absolute Gasteiger partial charge is 0.308 e. The summed E-state index contributed by atoms with van der Waals surface area (Å²) >= 11 is 1.65. The molecular formula is C13H16FN3S. The van der Waals surface area contributed by atoms with Gasteiger partial charge in [0.2, 0.25) is 0 Å². The molecule has 0 unspecified atom stereocenters. The number of nitrogens with one attached hydrogen (secondary N) is 1. The molecule has 3 nitrogen and oxygen atoms in total. The number of hydrogen-bond acceptors (Lipinski definition) is 4. The molecule has 2 aromatic rings. The van der Waals surface area contributed by atoms with Crippen LogP contribution in [0.15, 0.2) is 18.3 Å². The number of thiazole rings is 1. The van der Waals surface area contributed by atoms with Crippen molar-refractivity contribution in [2.75, 3.05) is 0 Å². The van der Waals surface area contributed by atoms with Crippen molar-refractivity contribution in [3.63, 3.8) is 0 Å². The fourth-order valence-electron chi connectivity index (χ4n) is 1.57. The highest BCUT2D eigenvalue weighted by molar-refractivity contribution is 7.12. The molecule has 0 saturated heterocycles. The van der Waals surface area contributed by atoms with Crippen molar-refractivity contribution in [2.24, 2.45) is 0 Å². The third-order valence-electron chi connectivity index (χ3n) is 2.47. The van der Waals surface area contributed by atoms with Crippen molar-refractivity contribution >= 4 is 11.3 Å². The fourth-order valence-corrected chi connectivity index (χ4v) is 2.46. The lowest BCUT2D eigenvalue weighted by molar-refractivity contribution is 0.587. The average molecular weight is 265 g/mol. The predicted octanol–water partition coefficient (Wildman–Crippen LogP) is 3.15. The van der Waals surface area contributed by atoms with Crippen molar-refractivity contribution < 1.29 is 4.39 Å². The molecule has 1 N–H and O–H groups in total. The molecule has 2 heterocycles. The zero-order chi connectivity index (χ0) is 13.1. The molecule has 0 atom stereocenters. The Morgan fingerprint density at radius 2 is 2.17 bits per heavy atom. The Hall–Kier alpha value is -1.33. The lowest BCUT2D eigenvalue weighted by atomic mass is 10.2. The molecule has 2 rings (SSSR count). The third-order valence-corrected chi connectivity index (χ3v) is 3.44. The van der Waals surface area contributed by atoms with E-state index in [1.54, 1.807) is 17.4 Å². The van der Waals surface area contributed by atoms with Crippen LogP contribution in [0.3, 0.4) is 0 Å². The molecule has 0 saturated carbocycles. The number of halogens is 1. The van der Waals surface area contributed by atoms with Gasteiger partial charge in [0.05, 0.1) is 11.9 Å². The van der Waals surface area contributed by atoms with Gasteiger partial charge in [0, 0.05) is 17.5 Å². The van der Waals surface area contributed by atoms with E-state index in [-0.39, 0.29) is 5.82 Å². The van der Waals surface area contributed by atoms with Crippen molar-refractivity contribution in [1.82, 2.24) is 15.3 Å². The molecule has 0 bridgehead atoms. The monoisotopic (exact) mass is 265 g/mol. The van der Waals surface area contributed by atoms with Gasteiger partial charge in [0.1, 0.15) is 16.5 Å². The molecule has 0 aromatic carbocycles. The number of aryl methyl sites for hydroxylation is 1. The molecule has 5 heteroatoms. The maximum absolute atomic E-state index is 12.8. The Morgan fingerprint density at radius 3 is 2.78 bits per heavy atom. The first-order valence-corrected chi connectivity index (χ1v) is 6.69. The van der Waals surface area contributed by atoms with Crippen LogP contribution >= 0.6 is 11.3 Å². The molecule has 0 radical (unpaired) electrons. The summed E-state index contributed by atoms with van der Waals surface area (Å²) in [6.45, 7) is 6.97. The predicted molar refractivity (Wildman–Crippen MR) is 72.0 cm³/mol. The summed E-state index contributed by atoms with van der Waals surface area (Å²) in [5.41, 5.74) is 1.57. The van der Waals surface area contributed by atoms with E-state index in [1.165, 1.54) is 12.3 Å². The average Bonchev–Trinajstić information content (AvgIpc) is 2.69. The van der Waals surface area contributed by atoms with Crippen LogP contribution in [0, 0.1) is 12.7 Å². The van der Waals surface area contributed by atoms with Gasteiger partial charge in [-0.05, 0) is 19.1 Å². The molecule has 2 aromatic heterocycles. The molecule has 96 valence electrons. The highest BCUT2D eigenvalue weighted by Crippen LogP contribution is 2.26. The summed E-state index contributed by atoms with van der Waals surface area (Å²) in [6.07, 6.45) is 1.22. The first-order valence-electron chi connectivity index (χ1n) is 5.88. The van der Waals surface area contributed by atoms with Crippen LogP contribution in [0.4, 0.5) is 4.39 Å². The van der Waals surface area contributed by atoms with Gasteiger partial charge in [-0.15, -0.1) is 11.3 Å². The molecule has 0 spiro atoms. The zero-order valence-corrected chi connectivity index (χ0v) is 11.5. The fraction of sp³-hybridized carbons (Fsp3) is 0.385.